The lowest BCUT2D eigenvalue weighted by atomic mass is 9.46. The molecule has 7 heteroatoms. The van der Waals surface area contributed by atoms with Crippen molar-refractivity contribution >= 4 is 5.96 Å². The van der Waals surface area contributed by atoms with E-state index in [2.05, 4.69) is 20.7 Å². The van der Waals surface area contributed by atoms with E-state index in [4.69, 9.17) is 4.74 Å². The zero-order chi connectivity index (χ0) is 17.7. The van der Waals surface area contributed by atoms with E-state index in [0.717, 1.165) is 24.6 Å². The third-order valence-corrected chi connectivity index (χ3v) is 6.48. The van der Waals surface area contributed by atoms with Crippen molar-refractivity contribution in [2.24, 2.45) is 23.4 Å². The lowest BCUT2D eigenvalue weighted by Gasteiger charge is -2.63. The molecule has 0 bridgehead atoms. The molecular formula is C18H29N5O2. The third kappa shape index (κ3) is 2.64. The Morgan fingerprint density at radius 3 is 2.96 bits per heavy atom. The van der Waals surface area contributed by atoms with Gasteiger partial charge in [-0.15, -0.1) is 0 Å². The molecular weight excluding hydrogens is 318 g/mol. The van der Waals surface area contributed by atoms with Crippen LogP contribution in [-0.2, 0) is 17.4 Å². The van der Waals surface area contributed by atoms with Crippen LogP contribution in [0.3, 0.4) is 0 Å². The predicted molar refractivity (Wildman–Crippen MR) is 95.2 cm³/mol. The normalized spacial score (nSPS) is 32.5. The third-order valence-electron chi connectivity index (χ3n) is 6.48. The SMILES string of the molecule is CN=C(NCC(C)(O)c1cnn(C)c1)NC1C2CCOC2C12CCC2. The maximum atomic E-state index is 10.7. The number of aromatic nitrogens is 2. The molecule has 0 radical (unpaired) electrons. The largest absolute Gasteiger partial charge is 0.383 e. The van der Waals surface area contributed by atoms with E-state index in [1.54, 1.807) is 24.9 Å². The van der Waals surface area contributed by atoms with E-state index < -0.39 is 5.60 Å². The summed E-state index contributed by atoms with van der Waals surface area (Å²) in [5.74, 6) is 1.35. The number of aliphatic hydroxyl groups is 1. The molecule has 4 unspecified atom stereocenters. The van der Waals surface area contributed by atoms with Gasteiger partial charge < -0.3 is 20.5 Å². The van der Waals surface area contributed by atoms with E-state index in [-0.39, 0.29) is 0 Å². The Bertz CT molecular complexity index is 664. The van der Waals surface area contributed by atoms with Crippen LogP contribution < -0.4 is 10.6 Å². The monoisotopic (exact) mass is 347 g/mol. The molecule has 2 aliphatic carbocycles. The molecule has 1 aliphatic heterocycles. The first-order valence-corrected chi connectivity index (χ1v) is 9.26. The number of guanidine groups is 1. The van der Waals surface area contributed by atoms with Crippen molar-refractivity contribution in [3.63, 3.8) is 0 Å². The van der Waals surface area contributed by atoms with Gasteiger partial charge in [0.25, 0.3) is 0 Å². The molecule has 0 aromatic carbocycles. The number of ether oxygens (including phenoxy) is 1. The molecule has 0 amide bonds. The van der Waals surface area contributed by atoms with Gasteiger partial charge in [-0.1, -0.05) is 6.42 Å². The highest BCUT2D eigenvalue weighted by Gasteiger charge is 2.66. The molecule has 138 valence electrons. The molecule has 2 saturated carbocycles. The molecule has 2 heterocycles. The van der Waals surface area contributed by atoms with Gasteiger partial charge in [-0.25, -0.2) is 0 Å². The fourth-order valence-electron chi connectivity index (χ4n) is 4.86. The zero-order valence-corrected chi connectivity index (χ0v) is 15.3. The second-order valence-corrected chi connectivity index (χ2v) is 8.05. The number of rotatable bonds is 4. The van der Waals surface area contributed by atoms with Crippen molar-refractivity contribution in [2.45, 2.75) is 50.4 Å². The van der Waals surface area contributed by atoms with Gasteiger partial charge >= 0.3 is 0 Å². The second-order valence-electron chi connectivity index (χ2n) is 8.05. The first-order valence-electron chi connectivity index (χ1n) is 9.26. The highest BCUT2D eigenvalue weighted by atomic mass is 16.5. The van der Waals surface area contributed by atoms with Crippen molar-refractivity contribution in [3.8, 4) is 0 Å². The van der Waals surface area contributed by atoms with Crippen molar-refractivity contribution in [3.05, 3.63) is 18.0 Å². The summed E-state index contributed by atoms with van der Waals surface area (Å²) in [5, 5.41) is 21.8. The summed E-state index contributed by atoms with van der Waals surface area (Å²) < 4.78 is 7.68. The van der Waals surface area contributed by atoms with Gasteiger partial charge in [0.05, 0.1) is 18.8 Å². The summed E-state index contributed by atoms with van der Waals surface area (Å²) in [6, 6.07) is 0.434. The molecule has 1 aromatic rings. The van der Waals surface area contributed by atoms with E-state index in [1.807, 2.05) is 13.2 Å². The standard InChI is InChI=1S/C18H29N5O2/c1-17(24,12-9-21-23(3)10-12)11-20-16(19-2)22-14-13-5-8-25-15(13)18(14)6-4-7-18/h9-10,13-15,24H,4-8,11H2,1-3H3,(H2,19,20,22). The Morgan fingerprint density at radius 2 is 2.36 bits per heavy atom. The van der Waals surface area contributed by atoms with Gasteiger partial charge in [0.2, 0.25) is 0 Å². The topological polar surface area (TPSA) is 83.7 Å². The van der Waals surface area contributed by atoms with Crippen LogP contribution in [0.25, 0.3) is 0 Å². The maximum absolute atomic E-state index is 10.7. The second kappa shape index (κ2) is 5.99. The van der Waals surface area contributed by atoms with Crippen molar-refractivity contribution in [2.75, 3.05) is 20.2 Å². The van der Waals surface area contributed by atoms with Crippen LogP contribution in [0, 0.1) is 11.3 Å². The van der Waals surface area contributed by atoms with Crippen molar-refractivity contribution in [1.82, 2.24) is 20.4 Å². The minimum absolute atomic E-state index is 0.310. The summed E-state index contributed by atoms with van der Waals surface area (Å²) in [6.45, 7) is 3.06. The molecule has 1 aromatic heterocycles. The number of aliphatic imine (C=N–C) groups is 1. The molecule has 1 saturated heterocycles. The number of nitrogens with zero attached hydrogens (tertiary/aromatic N) is 3. The Morgan fingerprint density at radius 1 is 1.56 bits per heavy atom. The van der Waals surface area contributed by atoms with Crippen LogP contribution in [0.15, 0.2) is 17.4 Å². The van der Waals surface area contributed by atoms with Gasteiger partial charge in [0, 0.05) is 49.8 Å². The van der Waals surface area contributed by atoms with Crippen LogP contribution in [0.1, 0.15) is 38.2 Å². The zero-order valence-electron chi connectivity index (χ0n) is 15.3. The van der Waals surface area contributed by atoms with Crippen molar-refractivity contribution < 1.29 is 9.84 Å². The Balaban J connectivity index is 1.38. The van der Waals surface area contributed by atoms with Gasteiger partial charge in [-0.05, 0) is 26.2 Å². The predicted octanol–water partition coefficient (Wildman–Crippen LogP) is 0.750. The number of nitrogens with one attached hydrogen (secondary N) is 2. The van der Waals surface area contributed by atoms with E-state index >= 15 is 0 Å². The summed E-state index contributed by atoms with van der Waals surface area (Å²) in [6.07, 6.45) is 8.91. The lowest BCUT2D eigenvalue weighted by Crippen LogP contribution is -2.72. The number of fused-ring (bicyclic) bond motifs is 2. The van der Waals surface area contributed by atoms with Crippen LogP contribution >= 0.6 is 0 Å². The quantitative estimate of drug-likeness (QED) is 0.553. The van der Waals surface area contributed by atoms with Crippen LogP contribution in [0.2, 0.25) is 0 Å². The van der Waals surface area contributed by atoms with E-state index in [9.17, 15) is 5.11 Å². The Labute approximate surface area is 148 Å². The number of hydrogen-bond donors (Lipinski definition) is 3. The van der Waals surface area contributed by atoms with Gasteiger partial charge in [0.1, 0.15) is 5.60 Å². The number of aryl methyl sites for hydroxylation is 1. The minimum Gasteiger partial charge on any atom is -0.383 e. The average molecular weight is 347 g/mol. The molecule has 3 fully saturated rings. The first kappa shape index (κ1) is 16.8. The van der Waals surface area contributed by atoms with Crippen LogP contribution in [-0.4, -0.2) is 53.2 Å². The number of hydrogen-bond acceptors (Lipinski definition) is 4. The smallest absolute Gasteiger partial charge is 0.191 e. The molecule has 4 rings (SSSR count). The van der Waals surface area contributed by atoms with E-state index in [1.165, 1.54) is 19.3 Å². The molecule has 1 spiro atoms. The highest BCUT2D eigenvalue weighted by molar-refractivity contribution is 5.80. The Kier molecular flexibility index (Phi) is 4.03. The molecule has 7 nitrogen and oxygen atoms in total. The van der Waals surface area contributed by atoms with Crippen molar-refractivity contribution in [1.29, 1.82) is 0 Å². The molecule has 4 atom stereocenters. The summed E-state index contributed by atoms with van der Waals surface area (Å²) in [5.41, 5.74) is 0.102. The molecule has 3 aliphatic rings. The van der Waals surface area contributed by atoms with E-state index in [0.29, 0.717) is 30.0 Å². The minimum atomic E-state index is -1.00. The average Bonchev–Trinajstić information content (AvgIpc) is 3.14. The lowest BCUT2D eigenvalue weighted by molar-refractivity contribution is -0.171. The van der Waals surface area contributed by atoms with Gasteiger partial charge in [-0.2, -0.15) is 5.10 Å². The highest BCUT2D eigenvalue weighted by Crippen LogP contribution is 2.62. The summed E-state index contributed by atoms with van der Waals surface area (Å²) in [7, 11) is 3.63. The molecule has 25 heavy (non-hydrogen) atoms. The Hall–Kier alpha value is -1.60. The fraction of sp³-hybridized carbons (Fsp3) is 0.778. The summed E-state index contributed by atoms with van der Waals surface area (Å²) in [4.78, 5) is 4.37. The van der Waals surface area contributed by atoms with Gasteiger partial charge in [0.15, 0.2) is 5.96 Å². The van der Waals surface area contributed by atoms with Crippen LogP contribution in [0.4, 0.5) is 0 Å². The first-order chi connectivity index (χ1) is 12.0. The van der Waals surface area contributed by atoms with Gasteiger partial charge in [-0.3, -0.25) is 9.67 Å². The fourth-order valence-corrected chi connectivity index (χ4v) is 4.86. The molecule has 3 N–H and O–H groups in total. The maximum Gasteiger partial charge on any atom is 0.191 e. The van der Waals surface area contributed by atoms with Crippen LogP contribution in [0.5, 0.6) is 0 Å². The summed E-state index contributed by atoms with van der Waals surface area (Å²) >= 11 is 0.